The fraction of sp³-hybridized carbons (Fsp3) is 0.478. The molecule has 1 aromatic carbocycles. The molecule has 1 heterocycles. The molecule has 0 radical (unpaired) electrons. The average Bonchev–Trinajstić information content (AvgIpc) is 2.65. The summed E-state index contributed by atoms with van der Waals surface area (Å²) >= 11 is 0. The number of fused-ring (bicyclic) bond motifs is 1. The van der Waals surface area contributed by atoms with Crippen molar-refractivity contribution in [1.82, 2.24) is 5.32 Å². The summed E-state index contributed by atoms with van der Waals surface area (Å²) in [7, 11) is 2.16. The number of anilines is 1. The second-order valence-corrected chi connectivity index (χ2v) is 6.87. The highest BCUT2D eigenvalue weighted by Gasteiger charge is 2.11. The molecule has 25 heavy (non-hydrogen) atoms. The van der Waals surface area contributed by atoms with Gasteiger partial charge in [-0.25, -0.2) is 0 Å². The molecule has 1 aliphatic heterocycles. The van der Waals surface area contributed by atoms with Gasteiger partial charge in [-0.15, -0.1) is 0 Å². The summed E-state index contributed by atoms with van der Waals surface area (Å²) in [6, 6.07) is 6.85. The molecule has 1 atom stereocenters. The topological polar surface area (TPSA) is 15.3 Å². The molecule has 0 aromatic heterocycles. The van der Waals surface area contributed by atoms with E-state index in [0.717, 1.165) is 19.5 Å². The Morgan fingerprint density at radius 2 is 2.12 bits per heavy atom. The molecule has 2 nitrogen and oxygen atoms in total. The molecule has 0 fully saturated rings. The van der Waals surface area contributed by atoms with Crippen LogP contribution >= 0.6 is 0 Å². The van der Waals surface area contributed by atoms with Crippen LogP contribution in [0, 0.1) is 5.92 Å². The van der Waals surface area contributed by atoms with Gasteiger partial charge in [0.15, 0.2) is 0 Å². The third-order valence-corrected chi connectivity index (χ3v) is 5.02. The van der Waals surface area contributed by atoms with Crippen molar-refractivity contribution >= 4 is 5.69 Å². The summed E-state index contributed by atoms with van der Waals surface area (Å²) in [5.74, 6) is 0.689. The number of benzene rings is 1. The van der Waals surface area contributed by atoms with Gasteiger partial charge in [-0.05, 0) is 74.1 Å². The van der Waals surface area contributed by atoms with E-state index in [1.54, 1.807) is 0 Å². The third-order valence-electron chi connectivity index (χ3n) is 5.02. The number of nitrogens with one attached hydrogen (secondary N) is 1. The summed E-state index contributed by atoms with van der Waals surface area (Å²) in [6.07, 6.45) is 16.0. The number of allylic oxidation sites excluding steroid dienone is 5. The van der Waals surface area contributed by atoms with Crippen molar-refractivity contribution < 1.29 is 0 Å². The van der Waals surface area contributed by atoms with Crippen LogP contribution in [0.3, 0.4) is 0 Å². The van der Waals surface area contributed by atoms with Crippen LogP contribution in [0.5, 0.6) is 0 Å². The molecular weight excluding hydrogens is 304 g/mol. The SMILES string of the molecule is C\C=C/C(=C\C=C\C(CC)CCC)N(C)c1ccc2c(c1)CCNC2. The molecule has 0 saturated heterocycles. The van der Waals surface area contributed by atoms with E-state index < -0.39 is 0 Å². The van der Waals surface area contributed by atoms with E-state index in [-0.39, 0.29) is 0 Å². The molecule has 0 aliphatic carbocycles. The van der Waals surface area contributed by atoms with Crippen molar-refractivity contribution in [2.45, 2.75) is 53.0 Å². The zero-order valence-corrected chi connectivity index (χ0v) is 16.4. The largest absolute Gasteiger partial charge is 0.345 e. The van der Waals surface area contributed by atoms with E-state index in [9.17, 15) is 0 Å². The van der Waals surface area contributed by atoms with Crippen LogP contribution in [0.15, 0.2) is 54.3 Å². The zero-order valence-electron chi connectivity index (χ0n) is 16.4. The fourth-order valence-corrected chi connectivity index (χ4v) is 3.39. The Kier molecular flexibility index (Phi) is 8.00. The van der Waals surface area contributed by atoms with Crippen molar-refractivity contribution in [2.24, 2.45) is 5.92 Å². The Balaban J connectivity index is 2.18. The average molecular weight is 339 g/mol. The highest BCUT2D eigenvalue weighted by Crippen LogP contribution is 2.24. The molecule has 1 aromatic rings. The number of rotatable bonds is 8. The molecule has 1 unspecified atom stereocenters. The maximum Gasteiger partial charge on any atom is 0.0411 e. The summed E-state index contributed by atoms with van der Waals surface area (Å²) in [4.78, 5) is 2.29. The minimum atomic E-state index is 0.689. The van der Waals surface area contributed by atoms with E-state index in [2.05, 4.69) is 86.6 Å². The molecule has 2 heteroatoms. The summed E-state index contributed by atoms with van der Waals surface area (Å²) < 4.78 is 0. The van der Waals surface area contributed by atoms with Gasteiger partial charge < -0.3 is 10.2 Å². The minimum Gasteiger partial charge on any atom is -0.345 e. The molecule has 0 saturated carbocycles. The molecule has 0 bridgehead atoms. The normalized spacial score (nSPS) is 16.4. The first-order valence-electron chi connectivity index (χ1n) is 9.77. The Hall–Kier alpha value is -1.80. The van der Waals surface area contributed by atoms with Gasteiger partial charge >= 0.3 is 0 Å². The van der Waals surface area contributed by atoms with Crippen LogP contribution < -0.4 is 10.2 Å². The lowest BCUT2D eigenvalue weighted by Gasteiger charge is -2.24. The highest BCUT2D eigenvalue weighted by atomic mass is 15.1. The van der Waals surface area contributed by atoms with E-state index in [0.29, 0.717) is 5.92 Å². The number of hydrogen-bond donors (Lipinski definition) is 1. The van der Waals surface area contributed by atoms with Gasteiger partial charge in [0.1, 0.15) is 0 Å². The summed E-state index contributed by atoms with van der Waals surface area (Å²) in [5.41, 5.74) is 5.40. The van der Waals surface area contributed by atoms with Crippen molar-refractivity contribution in [2.75, 3.05) is 18.5 Å². The zero-order chi connectivity index (χ0) is 18.1. The Labute approximate surface area is 154 Å². The first-order valence-corrected chi connectivity index (χ1v) is 9.77. The molecular formula is C23H34N2. The first-order chi connectivity index (χ1) is 12.2. The van der Waals surface area contributed by atoms with Gasteiger partial charge in [0.05, 0.1) is 0 Å². The van der Waals surface area contributed by atoms with Gasteiger partial charge in [0.2, 0.25) is 0 Å². The van der Waals surface area contributed by atoms with Crippen molar-refractivity contribution in [3.8, 4) is 0 Å². The molecule has 1 aliphatic rings. The van der Waals surface area contributed by atoms with Crippen LogP contribution in [0.1, 0.15) is 51.2 Å². The summed E-state index contributed by atoms with van der Waals surface area (Å²) in [5, 5.41) is 3.44. The summed E-state index contributed by atoms with van der Waals surface area (Å²) in [6.45, 7) is 8.69. The first kappa shape index (κ1) is 19.5. The van der Waals surface area contributed by atoms with Gasteiger partial charge in [0.25, 0.3) is 0 Å². The number of nitrogens with zero attached hydrogens (tertiary/aromatic N) is 1. The van der Waals surface area contributed by atoms with Gasteiger partial charge in [-0.3, -0.25) is 0 Å². The van der Waals surface area contributed by atoms with Gasteiger partial charge in [0, 0.05) is 25.0 Å². The Morgan fingerprint density at radius 1 is 1.28 bits per heavy atom. The van der Waals surface area contributed by atoms with E-state index in [4.69, 9.17) is 0 Å². The van der Waals surface area contributed by atoms with Gasteiger partial charge in [-0.1, -0.05) is 44.6 Å². The highest BCUT2D eigenvalue weighted by molar-refractivity contribution is 5.57. The quantitative estimate of drug-likeness (QED) is 0.620. The monoisotopic (exact) mass is 338 g/mol. The smallest absolute Gasteiger partial charge is 0.0411 e. The molecule has 136 valence electrons. The lowest BCUT2D eigenvalue weighted by atomic mass is 9.99. The van der Waals surface area contributed by atoms with E-state index in [1.807, 2.05) is 0 Å². The van der Waals surface area contributed by atoms with E-state index >= 15 is 0 Å². The Morgan fingerprint density at radius 3 is 2.84 bits per heavy atom. The van der Waals surface area contributed by atoms with Crippen LogP contribution in [0.25, 0.3) is 0 Å². The van der Waals surface area contributed by atoms with Crippen LogP contribution in [0.4, 0.5) is 5.69 Å². The maximum absolute atomic E-state index is 3.44. The van der Waals surface area contributed by atoms with Crippen molar-refractivity contribution in [3.63, 3.8) is 0 Å². The number of likely N-dealkylation sites (N-methyl/N-ethyl adjacent to an activating group) is 1. The fourth-order valence-electron chi connectivity index (χ4n) is 3.39. The standard InChI is InChI=1S/C23H34N2/c1-5-9-19(7-3)11-8-12-22(10-6-2)25(4)23-14-13-21-18-24-16-15-20(21)17-23/h6,8,10-14,17,19,24H,5,7,9,15-16,18H2,1-4H3/b10-6-,11-8+,22-12+. The second-order valence-electron chi connectivity index (χ2n) is 6.87. The van der Waals surface area contributed by atoms with Crippen LogP contribution in [0.2, 0.25) is 0 Å². The predicted octanol–water partition coefficient (Wildman–Crippen LogP) is 5.61. The second kappa shape index (κ2) is 10.2. The van der Waals surface area contributed by atoms with Gasteiger partial charge in [-0.2, -0.15) is 0 Å². The van der Waals surface area contributed by atoms with Crippen molar-refractivity contribution in [3.05, 3.63) is 65.4 Å². The molecule has 2 rings (SSSR count). The lowest BCUT2D eigenvalue weighted by Crippen LogP contribution is -2.24. The Bertz CT molecular complexity index is 625. The third kappa shape index (κ3) is 5.61. The van der Waals surface area contributed by atoms with E-state index in [1.165, 1.54) is 41.8 Å². The molecule has 0 amide bonds. The van der Waals surface area contributed by atoms with Crippen LogP contribution in [-0.2, 0) is 13.0 Å². The molecule has 1 N–H and O–H groups in total. The molecule has 0 spiro atoms. The van der Waals surface area contributed by atoms with Crippen LogP contribution in [-0.4, -0.2) is 13.6 Å². The number of hydrogen-bond acceptors (Lipinski definition) is 2. The predicted molar refractivity (Wildman–Crippen MR) is 111 cm³/mol. The maximum atomic E-state index is 3.44. The lowest BCUT2D eigenvalue weighted by molar-refractivity contribution is 0.563. The minimum absolute atomic E-state index is 0.689. The van der Waals surface area contributed by atoms with Crippen molar-refractivity contribution in [1.29, 1.82) is 0 Å².